The third-order valence-corrected chi connectivity index (χ3v) is 6.97. The molecule has 0 bridgehead atoms. The highest BCUT2D eigenvalue weighted by atomic mass is 32.1. The smallest absolute Gasteiger partial charge is 0.239 e. The zero-order valence-electron chi connectivity index (χ0n) is 18.4. The van der Waals surface area contributed by atoms with Gasteiger partial charge in [0.2, 0.25) is 11.9 Å². The van der Waals surface area contributed by atoms with Gasteiger partial charge in [-0.3, -0.25) is 4.98 Å². The minimum absolute atomic E-state index is 0.222. The van der Waals surface area contributed by atoms with E-state index >= 15 is 0 Å². The SMILES string of the molecule is CNc1nc2ccccc2n1-c1nc(N2CCOC[C@H]2C)c2scc(-c3ccncc3)c2n1. The first-order valence-electron chi connectivity index (χ1n) is 10.9. The van der Waals surface area contributed by atoms with Gasteiger partial charge in [0.25, 0.3) is 0 Å². The van der Waals surface area contributed by atoms with Crippen LogP contribution in [0.1, 0.15) is 6.92 Å². The molecule has 5 heterocycles. The molecule has 9 heteroatoms. The maximum atomic E-state index is 5.70. The van der Waals surface area contributed by atoms with Crippen molar-refractivity contribution in [3.8, 4) is 17.1 Å². The zero-order chi connectivity index (χ0) is 22.4. The van der Waals surface area contributed by atoms with Crippen LogP contribution in [0.4, 0.5) is 11.8 Å². The van der Waals surface area contributed by atoms with Crippen molar-refractivity contribution >= 4 is 44.4 Å². The van der Waals surface area contributed by atoms with Gasteiger partial charge >= 0.3 is 0 Å². The molecule has 0 saturated carbocycles. The summed E-state index contributed by atoms with van der Waals surface area (Å²) in [6, 6.07) is 12.3. The minimum Gasteiger partial charge on any atom is -0.377 e. The number of para-hydroxylation sites is 2. The predicted molar refractivity (Wildman–Crippen MR) is 132 cm³/mol. The molecule has 166 valence electrons. The van der Waals surface area contributed by atoms with Crippen LogP contribution < -0.4 is 10.2 Å². The number of aromatic nitrogens is 5. The van der Waals surface area contributed by atoms with E-state index in [0.717, 1.165) is 44.7 Å². The average molecular weight is 458 g/mol. The van der Waals surface area contributed by atoms with E-state index in [1.54, 1.807) is 11.3 Å². The average Bonchev–Trinajstić information content (AvgIpc) is 3.46. The molecule has 1 atom stereocenters. The first kappa shape index (κ1) is 20.1. The van der Waals surface area contributed by atoms with E-state index < -0.39 is 0 Å². The summed E-state index contributed by atoms with van der Waals surface area (Å²) in [5.41, 5.74) is 4.96. The number of hydrogen-bond donors (Lipinski definition) is 1. The number of ether oxygens (including phenoxy) is 1. The summed E-state index contributed by atoms with van der Waals surface area (Å²) in [4.78, 5) is 21.5. The molecule has 0 spiro atoms. The molecule has 33 heavy (non-hydrogen) atoms. The number of fused-ring (bicyclic) bond motifs is 2. The number of nitrogens with one attached hydrogen (secondary N) is 1. The van der Waals surface area contributed by atoms with Crippen LogP contribution in [-0.2, 0) is 4.74 Å². The lowest BCUT2D eigenvalue weighted by Crippen LogP contribution is -2.44. The summed E-state index contributed by atoms with van der Waals surface area (Å²) in [7, 11) is 1.87. The predicted octanol–water partition coefficient (Wildman–Crippen LogP) is 4.36. The van der Waals surface area contributed by atoms with Crippen LogP contribution >= 0.6 is 11.3 Å². The highest BCUT2D eigenvalue weighted by molar-refractivity contribution is 7.18. The maximum Gasteiger partial charge on any atom is 0.239 e. The largest absolute Gasteiger partial charge is 0.377 e. The van der Waals surface area contributed by atoms with Gasteiger partial charge in [-0.05, 0) is 36.8 Å². The lowest BCUT2D eigenvalue weighted by molar-refractivity contribution is 0.0987. The molecule has 0 unspecified atom stereocenters. The van der Waals surface area contributed by atoms with Crippen LogP contribution in [0.15, 0.2) is 54.2 Å². The highest BCUT2D eigenvalue weighted by Gasteiger charge is 2.26. The van der Waals surface area contributed by atoms with Gasteiger partial charge in [0.05, 0.1) is 40.5 Å². The summed E-state index contributed by atoms with van der Waals surface area (Å²) in [5, 5.41) is 5.38. The molecule has 5 aromatic rings. The fraction of sp³-hybridized carbons (Fsp3) is 0.250. The lowest BCUT2D eigenvalue weighted by Gasteiger charge is -2.34. The number of nitrogens with zero attached hydrogens (tertiary/aromatic N) is 6. The van der Waals surface area contributed by atoms with Crippen LogP contribution in [0.25, 0.3) is 38.3 Å². The molecule has 8 nitrogen and oxygen atoms in total. The Balaban J connectivity index is 1.65. The van der Waals surface area contributed by atoms with E-state index in [9.17, 15) is 0 Å². The van der Waals surface area contributed by atoms with Crippen molar-refractivity contribution in [3.63, 3.8) is 0 Å². The second-order valence-corrected chi connectivity index (χ2v) is 8.92. The standard InChI is InChI=1S/C24H23N7OS/c1-15-13-32-12-11-30(15)22-21-20(17(14-33-21)16-7-9-26-10-8-16)28-24(29-22)31-19-6-4-3-5-18(19)27-23(31)25-2/h3-10,14-15H,11-13H2,1-2H3,(H,25,27)/t15-/m1/s1. The number of pyridine rings is 1. The van der Waals surface area contributed by atoms with E-state index in [1.807, 2.05) is 60.4 Å². The van der Waals surface area contributed by atoms with Gasteiger partial charge in [-0.25, -0.2) is 14.5 Å². The van der Waals surface area contributed by atoms with Gasteiger partial charge in [0, 0.05) is 36.9 Å². The van der Waals surface area contributed by atoms with E-state index in [1.165, 1.54) is 0 Å². The number of morpholine rings is 1. The minimum atomic E-state index is 0.222. The Kier molecular flexibility index (Phi) is 4.92. The summed E-state index contributed by atoms with van der Waals surface area (Å²) in [6.07, 6.45) is 3.63. The molecule has 1 aliphatic rings. The van der Waals surface area contributed by atoms with Gasteiger partial charge in [-0.2, -0.15) is 4.98 Å². The van der Waals surface area contributed by atoms with Crippen molar-refractivity contribution in [1.29, 1.82) is 0 Å². The van der Waals surface area contributed by atoms with Gasteiger partial charge in [0.15, 0.2) is 5.82 Å². The number of imidazole rings is 1. The number of rotatable bonds is 4. The monoisotopic (exact) mass is 457 g/mol. The molecule has 4 aromatic heterocycles. The quantitative estimate of drug-likeness (QED) is 0.429. The Morgan fingerprint density at radius 2 is 1.94 bits per heavy atom. The van der Waals surface area contributed by atoms with Gasteiger partial charge < -0.3 is 15.0 Å². The van der Waals surface area contributed by atoms with Crippen molar-refractivity contribution in [2.75, 3.05) is 37.0 Å². The molecular formula is C24H23N7OS. The molecule has 0 aliphatic carbocycles. The number of hydrogen-bond acceptors (Lipinski definition) is 8. The van der Waals surface area contributed by atoms with Crippen LogP contribution in [0, 0.1) is 0 Å². The number of anilines is 2. The summed E-state index contributed by atoms with van der Waals surface area (Å²) in [6.45, 7) is 4.33. The molecule has 1 saturated heterocycles. The third kappa shape index (κ3) is 3.32. The molecule has 6 rings (SSSR count). The molecule has 1 N–H and O–H groups in total. The van der Waals surface area contributed by atoms with Crippen molar-refractivity contribution in [3.05, 3.63) is 54.2 Å². The molecule has 1 aliphatic heterocycles. The Hall–Kier alpha value is -3.56. The van der Waals surface area contributed by atoms with Crippen molar-refractivity contribution < 1.29 is 4.74 Å². The summed E-state index contributed by atoms with van der Waals surface area (Å²) in [5.74, 6) is 2.25. The van der Waals surface area contributed by atoms with Crippen molar-refractivity contribution in [2.24, 2.45) is 0 Å². The van der Waals surface area contributed by atoms with Crippen LogP contribution in [-0.4, -0.2) is 57.4 Å². The van der Waals surface area contributed by atoms with Crippen LogP contribution in [0.5, 0.6) is 0 Å². The van der Waals surface area contributed by atoms with E-state index in [0.29, 0.717) is 25.1 Å². The summed E-state index contributed by atoms with van der Waals surface area (Å²) < 4.78 is 8.78. The van der Waals surface area contributed by atoms with Gasteiger partial charge in [-0.1, -0.05) is 12.1 Å². The fourth-order valence-electron chi connectivity index (χ4n) is 4.36. The molecule has 1 fully saturated rings. The normalized spacial score (nSPS) is 16.5. The van der Waals surface area contributed by atoms with Gasteiger partial charge in [0.1, 0.15) is 0 Å². The fourth-order valence-corrected chi connectivity index (χ4v) is 5.38. The van der Waals surface area contributed by atoms with Gasteiger partial charge in [-0.15, -0.1) is 11.3 Å². The second-order valence-electron chi connectivity index (χ2n) is 8.04. The first-order valence-corrected chi connectivity index (χ1v) is 11.8. The Labute approximate surface area is 194 Å². The topological polar surface area (TPSA) is 81.0 Å². The van der Waals surface area contributed by atoms with Crippen molar-refractivity contribution in [2.45, 2.75) is 13.0 Å². The molecule has 0 radical (unpaired) electrons. The first-order chi connectivity index (χ1) is 16.2. The summed E-state index contributed by atoms with van der Waals surface area (Å²) >= 11 is 1.68. The highest BCUT2D eigenvalue weighted by Crippen LogP contribution is 2.39. The van der Waals surface area contributed by atoms with Crippen molar-refractivity contribution in [1.82, 2.24) is 24.5 Å². The maximum absolute atomic E-state index is 5.70. The van der Waals surface area contributed by atoms with E-state index in [4.69, 9.17) is 19.7 Å². The van der Waals surface area contributed by atoms with E-state index in [2.05, 4.69) is 27.5 Å². The Morgan fingerprint density at radius 3 is 2.76 bits per heavy atom. The third-order valence-electron chi connectivity index (χ3n) is 6.00. The van der Waals surface area contributed by atoms with Crippen LogP contribution in [0.3, 0.4) is 0 Å². The zero-order valence-corrected chi connectivity index (χ0v) is 19.2. The lowest BCUT2D eigenvalue weighted by atomic mass is 10.1. The van der Waals surface area contributed by atoms with Crippen LogP contribution in [0.2, 0.25) is 0 Å². The number of benzene rings is 1. The second kappa shape index (κ2) is 8.09. The molecule has 0 amide bonds. The molecular weight excluding hydrogens is 434 g/mol. The number of thiophene rings is 1. The Bertz CT molecular complexity index is 1450. The van der Waals surface area contributed by atoms with E-state index in [-0.39, 0.29) is 6.04 Å². The molecule has 1 aromatic carbocycles. The Morgan fingerprint density at radius 1 is 1.09 bits per heavy atom.